The second-order valence-electron chi connectivity index (χ2n) is 7.86. The minimum atomic E-state index is -0.995. The highest BCUT2D eigenvalue weighted by molar-refractivity contribution is 5.91. The number of carbonyl (C=O) groups is 1. The highest BCUT2D eigenvalue weighted by atomic mass is 16.5. The minimum absolute atomic E-state index is 0.120. The Balaban J connectivity index is 1.84. The number of carboxylic acid groups (broad SMARTS) is 1. The lowest BCUT2D eigenvalue weighted by Gasteiger charge is -2.20. The van der Waals surface area contributed by atoms with Gasteiger partial charge in [0.2, 0.25) is 0 Å². The molecule has 3 aromatic carbocycles. The lowest BCUT2D eigenvalue weighted by Crippen LogP contribution is -2.19. The van der Waals surface area contributed by atoms with Gasteiger partial charge < -0.3 is 15.2 Å². The Labute approximate surface area is 159 Å². The van der Waals surface area contributed by atoms with Crippen LogP contribution in [0.25, 0.3) is 10.8 Å². The molecule has 2 N–H and O–H groups in total. The summed E-state index contributed by atoms with van der Waals surface area (Å²) in [5, 5.41) is 15.1. The Bertz CT molecular complexity index is 952. The van der Waals surface area contributed by atoms with Crippen LogP contribution in [0.5, 0.6) is 5.75 Å². The third-order valence-corrected chi connectivity index (χ3v) is 4.30. The molecule has 140 valence electrons. The SMILES string of the molecule is CC(C)(C)CNc1ccc(C(=O)O)c(OCc2cccc3ccccc23)c1. The van der Waals surface area contributed by atoms with Crippen molar-refractivity contribution in [2.24, 2.45) is 5.41 Å². The van der Waals surface area contributed by atoms with Gasteiger partial charge in [-0.2, -0.15) is 0 Å². The van der Waals surface area contributed by atoms with Crippen LogP contribution >= 0.6 is 0 Å². The smallest absolute Gasteiger partial charge is 0.339 e. The maximum atomic E-state index is 11.6. The molecule has 3 aromatic rings. The summed E-state index contributed by atoms with van der Waals surface area (Å²) in [5.74, 6) is -0.625. The zero-order valence-corrected chi connectivity index (χ0v) is 16.0. The molecule has 0 bridgehead atoms. The van der Waals surface area contributed by atoms with Gasteiger partial charge in [0, 0.05) is 18.3 Å². The van der Waals surface area contributed by atoms with Crippen LogP contribution in [0.4, 0.5) is 5.69 Å². The van der Waals surface area contributed by atoms with Crippen molar-refractivity contribution >= 4 is 22.4 Å². The van der Waals surface area contributed by atoms with Crippen LogP contribution < -0.4 is 10.1 Å². The molecule has 0 unspecified atom stereocenters. The Morgan fingerprint density at radius 3 is 2.52 bits per heavy atom. The summed E-state index contributed by atoms with van der Waals surface area (Å²) < 4.78 is 5.94. The van der Waals surface area contributed by atoms with Gasteiger partial charge >= 0.3 is 5.97 Å². The van der Waals surface area contributed by atoms with Gasteiger partial charge in [-0.3, -0.25) is 0 Å². The van der Waals surface area contributed by atoms with Crippen molar-refractivity contribution in [1.29, 1.82) is 0 Å². The number of hydrogen-bond donors (Lipinski definition) is 2. The third-order valence-electron chi connectivity index (χ3n) is 4.30. The van der Waals surface area contributed by atoms with Crippen molar-refractivity contribution in [2.45, 2.75) is 27.4 Å². The fourth-order valence-electron chi connectivity index (χ4n) is 2.87. The van der Waals surface area contributed by atoms with Crippen LogP contribution in [-0.4, -0.2) is 17.6 Å². The number of anilines is 1. The Kier molecular flexibility index (Phi) is 5.36. The van der Waals surface area contributed by atoms with Crippen LogP contribution in [0.3, 0.4) is 0 Å². The molecule has 0 aliphatic carbocycles. The Morgan fingerprint density at radius 1 is 1.04 bits per heavy atom. The first-order chi connectivity index (χ1) is 12.8. The van der Waals surface area contributed by atoms with E-state index in [1.807, 2.05) is 30.3 Å². The van der Waals surface area contributed by atoms with Gasteiger partial charge in [-0.15, -0.1) is 0 Å². The zero-order valence-electron chi connectivity index (χ0n) is 16.0. The quantitative estimate of drug-likeness (QED) is 0.601. The molecule has 0 saturated carbocycles. The summed E-state index contributed by atoms with van der Waals surface area (Å²) in [6.07, 6.45) is 0. The Hall–Kier alpha value is -3.01. The van der Waals surface area contributed by atoms with Crippen molar-refractivity contribution in [1.82, 2.24) is 0 Å². The predicted octanol–water partition coefficient (Wildman–Crippen LogP) is 5.58. The van der Waals surface area contributed by atoms with Crippen LogP contribution in [0.1, 0.15) is 36.7 Å². The van der Waals surface area contributed by atoms with Gasteiger partial charge in [0.1, 0.15) is 17.9 Å². The molecule has 0 spiro atoms. The van der Waals surface area contributed by atoms with E-state index < -0.39 is 5.97 Å². The number of aromatic carboxylic acids is 1. The Morgan fingerprint density at radius 2 is 1.78 bits per heavy atom. The molecule has 0 saturated heterocycles. The van der Waals surface area contributed by atoms with Crippen LogP contribution in [-0.2, 0) is 6.61 Å². The molecule has 0 amide bonds. The van der Waals surface area contributed by atoms with Crippen molar-refractivity contribution in [2.75, 3.05) is 11.9 Å². The summed E-state index contributed by atoms with van der Waals surface area (Å²) in [6, 6.07) is 19.3. The topological polar surface area (TPSA) is 58.6 Å². The predicted molar refractivity (Wildman–Crippen MR) is 110 cm³/mol. The number of hydrogen-bond acceptors (Lipinski definition) is 3. The van der Waals surface area contributed by atoms with Crippen molar-refractivity contribution in [3.63, 3.8) is 0 Å². The summed E-state index contributed by atoms with van der Waals surface area (Å²) in [7, 11) is 0. The number of ether oxygens (including phenoxy) is 1. The van der Waals surface area contributed by atoms with Crippen LogP contribution in [0.15, 0.2) is 60.7 Å². The number of nitrogens with one attached hydrogen (secondary N) is 1. The summed E-state index contributed by atoms with van der Waals surface area (Å²) in [6.45, 7) is 7.52. The monoisotopic (exact) mass is 363 g/mol. The van der Waals surface area contributed by atoms with E-state index in [1.165, 1.54) is 0 Å². The first-order valence-electron chi connectivity index (χ1n) is 9.04. The minimum Gasteiger partial charge on any atom is -0.488 e. The summed E-state index contributed by atoms with van der Waals surface area (Å²) in [5.41, 5.74) is 2.16. The molecule has 0 radical (unpaired) electrons. The van der Waals surface area contributed by atoms with Gasteiger partial charge in [0.25, 0.3) is 0 Å². The normalized spacial score (nSPS) is 11.4. The van der Waals surface area contributed by atoms with Crippen LogP contribution in [0.2, 0.25) is 0 Å². The highest BCUT2D eigenvalue weighted by Gasteiger charge is 2.15. The van der Waals surface area contributed by atoms with Crippen molar-refractivity contribution < 1.29 is 14.6 Å². The second kappa shape index (κ2) is 7.70. The van der Waals surface area contributed by atoms with E-state index in [0.29, 0.717) is 12.4 Å². The van der Waals surface area contributed by atoms with E-state index in [1.54, 1.807) is 18.2 Å². The van der Waals surface area contributed by atoms with Gasteiger partial charge in [-0.25, -0.2) is 4.79 Å². The molecule has 27 heavy (non-hydrogen) atoms. The molecular formula is C23H25NO3. The first-order valence-corrected chi connectivity index (χ1v) is 9.04. The van der Waals surface area contributed by atoms with Crippen LogP contribution in [0, 0.1) is 5.41 Å². The summed E-state index contributed by atoms with van der Waals surface area (Å²) >= 11 is 0. The molecule has 3 rings (SSSR count). The van der Waals surface area contributed by atoms with E-state index in [0.717, 1.165) is 28.6 Å². The highest BCUT2D eigenvalue weighted by Crippen LogP contribution is 2.27. The number of benzene rings is 3. The van der Waals surface area contributed by atoms with E-state index in [2.05, 4.69) is 38.2 Å². The maximum absolute atomic E-state index is 11.6. The molecule has 0 fully saturated rings. The van der Waals surface area contributed by atoms with Gasteiger partial charge in [0.05, 0.1) is 0 Å². The van der Waals surface area contributed by atoms with Crippen molar-refractivity contribution in [3.8, 4) is 5.75 Å². The molecule has 4 heteroatoms. The molecule has 0 heterocycles. The number of fused-ring (bicyclic) bond motifs is 1. The average molecular weight is 363 g/mol. The molecule has 4 nitrogen and oxygen atoms in total. The van der Waals surface area contributed by atoms with E-state index in [4.69, 9.17) is 4.74 Å². The van der Waals surface area contributed by atoms with E-state index in [-0.39, 0.29) is 11.0 Å². The second-order valence-corrected chi connectivity index (χ2v) is 7.86. The fraction of sp³-hybridized carbons (Fsp3) is 0.261. The number of rotatable bonds is 6. The lowest BCUT2D eigenvalue weighted by atomic mass is 9.97. The molecule has 0 aliphatic heterocycles. The number of carboxylic acids is 1. The van der Waals surface area contributed by atoms with E-state index in [9.17, 15) is 9.90 Å². The fourth-order valence-corrected chi connectivity index (χ4v) is 2.87. The van der Waals surface area contributed by atoms with Gasteiger partial charge in [-0.1, -0.05) is 63.2 Å². The lowest BCUT2D eigenvalue weighted by molar-refractivity contribution is 0.0692. The van der Waals surface area contributed by atoms with E-state index >= 15 is 0 Å². The molecule has 0 atom stereocenters. The van der Waals surface area contributed by atoms with Crippen molar-refractivity contribution in [3.05, 3.63) is 71.8 Å². The average Bonchev–Trinajstić information content (AvgIpc) is 2.64. The third kappa shape index (κ3) is 4.79. The largest absolute Gasteiger partial charge is 0.488 e. The molecular weight excluding hydrogens is 338 g/mol. The first kappa shape index (κ1) is 18.8. The zero-order chi connectivity index (χ0) is 19.4. The molecule has 0 aromatic heterocycles. The molecule has 0 aliphatic rings. The van der Waals surface area contributed by atoms with Gasteiger partial charge in [0.15, 0.2) is 0 Å². The standard InChI is InChI=1S/C23H25NO3/c1-23(2,3)15-24-18-11-12-20(22(25)26)21(13-18)27-14-17-9-6-8-16-7-4-5-10-19(16)17/h4-13,24H,14-15H2,1-3H3,(H,25,26). The summed E-state index contributed by atoms with van der Waals surface area (Å²) in [4.78, 5) is 11.6. The maximum Gasteiger partial charge on any atom is 0.339 e. The van der Waals surface area contributed by atoms with Gasteiger partial charge in [-0.05, 0) is 33.9 Å².